The van der Waals surface area contributed by atoms with Crippen molar-refractivity contribution in [2.75, 3.05) is 12.0 Å². The van der Waals surface area contributed by atoms with Gasteiger partial charge in [-0.15, -0.1) is 0 Å². The van der Waals surface area contributed by atoms with Gasteiger partial charge >= 0.3 is 0 Å². The van der Waals surface area contributed by atoms with Crippen LogP contribution in [0.3, 0.4) is 0 Å². The SMILES string of the molecule is CS(=O)(=O)n1c(SCC(=O)c2ccc(Cl)cc2)nc2ccccc21. The number of aromatic nitrogens is 2. The second-order valence-electron chi connectivity index (χ2n) is 5.13. The van der Waals surface area contributed by atoms with Crippen LogP contribution in [0, 0.1) is 0 Å². The molecule has 3 aromatic rings. The molecule has 5 nitrogen and oxygen atoms in total. The zero-order valence-corrected chi connectivity index (χ0v) is 15.0. The molecule has 0 atom stereocenters. The molecule has 0 saturated carbocycles. The van der Waals surface area contributed by atoms with Crippen LogP contribution in [0.2, 0.25) is 5.02 Å². The molecule has 0 aliphatic carbocycles. The summed E-state index contributed by atoms with van der Waals surface area (Å²) >= 11 is 6.91. The fourth-order valence-corrected chi connectivity index (χ4v) is 4.57. The van der Waals surface area contributed by atoms with Gasteiger partial charge < -0.3 is 0 Å². The maximum Gasteiger partial charge on any atom is 0.238 e. The van der Waals surface area contributed by atoms with Crippen molar-refractivity contribution in [3.8, 4) is 0 Å². The molecular formula is C16H13ClN2O3S2. The number of para-hydroxylation sites is 2. The minimum atomic E-state index is -3.53. The summed E-state index contributed by atoms with van der Waals surface area (Å²) in [5.41, 5.74) is 1.60. The van der Waals surface area contributed by atoms with Gasteiger partial charge in [-0.3, -0.25) is 4.79 Å². The average Bonchev–Trinajstić information content (AvgIpc) is 2.91. The molecular weight excluding hydrogens is 368 g/mol. The molecule has 1 aromatic heterocycles. The van der Waals surface area contributed by atoms with E-state index in [0.717, 1.165) is 18.0 Å². The van der Waals surface area contributed by atoms with E-state index in [-0.39, 0.29) is 16.7 Å². The Bertz CT molecular complexity index is 1010. The highest BCUT2D eigenvalue weighted by molar-refractivity contribution is 8.00. The van der Waals surface area contributed by atoms with Gasteiger partial charge in [0.1, 0.15) is 0 Å². The molecule has 0 unspecified atom stereocenters. The topological polar surface area (TPSA) is 69.0 Å². The van der Waals surface area contributed by atoms with Gasteiger partial charge in [-0.1, -0.05) is 35.5 Å². The molecule has 2 aromatic carbocycles. The molecule has 0 fully saturated rings. The van der Waals surface area contributed by atoms with E-state index in [0.29, 0.717) is 21.6 Å². The standard InChI is InChI=1S/C16H13ClN2O3S2/c1-24(21,22)19-14-5-3-2-4-13(14)18-16(19)23-10-15(20)11-6-8-12(17)9-7-11/h2-9H,10H2,1H3. The Hall–Kier alpha value is -1.83. The van der Waals surface area contributed by atoms with Gasteiger partial charge in [-0.2, -0.15) is 0 Å². The highest BCUT2D eigenvalue weighted by atomic mass is 35.5. The summed E-state index contributed by atoms with van der Waals surface area (Å²) in [6.07, 6.45) is 1.12. The number of thioether (sulfide) groups is 1. The molecule has 1 heterocycles. The fourth-order valence-electron chi connectivity index (χ4n) is 2.24. The van der Waals surface area contributed by atoms with Crippen molar-refractivity contribution in [2.24, 2.45) is 0 Å². The first kappa shape index (κ1) is 17.0. The van der Waals surface area contributed by atoms with Crippen LogP contribution in [0.4, 0.5) is 0 Å². The lowest BCUT2D eigenvalue weighted by molar-refractivity contribution is 0.102. The maximum atomic E-state index is 12.3. The van der Waals surface area contributed by atoms with Crippen molar-refractivity contribution in [1.29, 1.82) is 0 Å². The van der Waals surface area contributed by atoms with Gasteiger partial charge in [0.25, 0.3) is 0 Å². The molecule has 124 valence electrons. The molecule has 0 aliphatic rings. The summed E-state index contributed by atoms with van der Waals surface area (Å²) in [5, 5.41) is 0.832. The number of nitrogens with zero attached hydrogens (tertiary/aromatic N) is 2. The number of hydrogen-bond acceptors (Lipinski definition) is 5. The molecule has 0 amide bonds. The molecule has 8 heteroatoms. The Kier molecular flexibility index (Phi) is 4.67. The first-order chi connectivity index (χ1) is 11.4. The van der Waals surface area contributed by atoms with Crippen LogP contribution < -0.4 is 0 Å². The van der Waals surface area contributed by atoms with Gasteiger partial charge in [0.05, 0.1) is 23.0 Å². The highest BCUT2D eigenvalue weighted by Crippen LogP contribution is 2.26. The van der Waals surface area contributed by atoms with Crippen LogP contribution in [0.1, 0.15) is 10.4 Å². The monoisotopic (exact) mass is 380 g/mol. The van der Waals surface area contributed by atoms with Gasteiger partial charge in [0.15, 0.2) is 10.9 Å². The third-order valence-electron chi connectivity index (χ3n) is 3.32. The lowest BCUT2D eigenvalue weighted by Gasteiger charge is -2.06. The predicted octanol–water partition coefficient (Wildman–Crippen LogP) is 3.47. The van der Waals surface area contributed by atoms with Gasteiger partial charge in [-0.25, -0.2) is 17.4 Å². The largest absolute Gasteiger partial charge is 0.293 e. The van der Waals surface area contributed by atoms with Crippen LogP contribution in [0.25, 0.3) is 11.0 Å². The van der Waals surface area contributed by atoms with Crippen LogP contribution in [-0.4, -0.2) is 35.2 Å². The van der Waals surface area contributed by atoms with Crippen molar-refractivity contribution in [3.05, 3.63) is 59.1 Å². The summed E-state index contributed by atoms with van der Waals surface area (Å²) in [6.45, 7) is 0. The number of Topliss-reactive ketones (excluding diaryl/α,β-unsaturated/α-hetero) is 1. The molecule has 0 bridgehead atoms. The summed E-state index contributed by atoms with van der Waals surface area (Å²) < 4.78 is 25.4. The van der Waals surface area contributed by atoms with Crippen LogP contribution >= 0.6 is 23.4 Å². The van der Waals surface area contributed by atoms with Crippen molar-refractivity contribution >= 4 is 50.2 Å². The minimum absolute atomic E-state index is 0.0838. The second kappa shape index (κ2) is 6.58. The van der Waals surface area contributed by atoms with E-state index in [1.807, 2.05) is 0 Å². The van der Waals surface area contributed by atoms with E-state index in [1.54, 1.807) is 48.5 Å². The Labute approximate surface area is 148 Å². The number of benzene rings is 2. The van der Waals surface area contributed by atoms with Crippen molar-refractivity contribution in [2.45, 2.75) is 5.16 Å². The summed E-state index contributed by atoms with van der Waals surface area (Å²) in [5.74, 6) is -0.0377. The van der Waals surface area contributed by atoms with Crippen LogP contribution in [-0.2, 0) is 10.0 Å². The van der Waals surface area contributed by atoms with E-state index in [2.05, 4.69) is 4.98 Å². The molecule has 0 spiro atoms. The van der Waals surface area contributed by atoms with Gasteiger partial charge in [0, 0.05) is 10.6 Å². The lowest BCUT2D eigenvalue weighted by Crippen LogP contribution is -2.12. The van der Waals surface area contributed by atoms with E-state index >= 15 is 0 Å². The third kappa shape index (κ3) is 3.48. The van der Waals surface area contributed by atoms with Crippen LogP contribution in [0.5, 0.6) is 0 Å². The molecule has 0 aliphatic heterocycles. The van der Waals surface area contributed by atoms with Gasteiger partial charge in [0.2, 0.25) is 10.0 Å². The van der Waals surface area contributed by atoms with E-state index < -0.39 is 10.0 Å². The first-order valence-electron chi connectivity index (χ1n) is 6.96. The normalized spacial score (nSPS) is 11.8. The molecule has 0 N–H and O–H groups in total. The number of carbonyl (C=O) groups excluding carboxylic acids is 1. The Morgan fingerprint density at radius 2 is 1.83 bits per heavy atom. The van der Waals surface area contributed by atoms with Crippen molar-refractivity contribution < 1.29 is 13.2 Å². The molecule has 24 heavy (non-hydrogen) atoms. The van der Waals surface area contributed by atoms with E-state index in [9.17, 15) is 13.2 Å². The quantitative estimate of drug-likeness (QED) is 0.500. The highest BCUT2D eigenvalue weighted by Gasteiger charge is 2.19. The summed E-state index contributed by atoms with van der Waals surface area (Å²) in [6, 6.07) is 13.5. The molecule has 0 radical (unpaired) electrons. The average molecular weight is 381 g/mol. The second-order valence-corrected chi connectivity index (χ2v) is 8.34. The zero-order chi connectivity index (χ0) is 17.3. The predicted molar refractivity (Wildman–Crippen MR) is 96.5 cm³/mol. The number of halogens is 1. The number of carbonyl (C=O) groups is 1. The Morgan fingerprint density at radius 1 is 1.17 bits per heavy atom. The Balaban J connectivity index is 1.90. The summed E-state index contributed by atoms with van der Waals surface area (Å²) in [7, 11) is -3.53. The molecule has 3 rings (SSSR count). The number of ketones is 1. The number of rotatable bonds is 5. The van der Waals surface area contributed by atoms with E-state index in [1.165, 1.54) is 3.97 Å². The minimum Gasteiger partial charge on any atom is -0.293 e. The van der Waals surface area contributed by atoms with Crippen molar-refractivity contribution in [3.63, 3.8) is 0 Å². The maximum absolute atomic E-state index is 12.3. The van der Waals surface area contributed by atoms with Crippen molar-refractivity contribution in [1.82, 2.24) is 8.96 Å². The number of hydrogen-bond donors (Lipinski definition) is 0. The van der Waals surface area contributed by atoms with Crippen LogP contribution in [0.15, 0.2) is 53.7 Å². The first-order valence-corrected chi connectivity index (χ1v) is 10.2. The zero-order valence-electron chi connectivity index (χ0n) is 12.6. The number of imidazole rings is 1. The summed E-state index contributed by atoms with van der Waals surface area (Å²) in [4.78, 5) is 16.6. The number of fused-ring (bicyclic) bond motifs is 1. The molecule has 0 saturated heterocycles. The smallest absolute Gasteiger partial charge is 0.238 e. The van der Waals surface area contributed by atoms with E-state index in [4.69, 9.17) is 11.6 Å². The van der Waals surface area contributed by atoms with Gasteiger partial charge in [-0.05, 0) is 36.4 Å². The Morgan fingerprint density at radius 3 is 2.50 bits per heavy atom. The fraction of sp³-hybridized carbons (Fsp3) is 0.125. The lowest BCUT2D eigenvalue weighted by atomic mass is 10.1. The third-order valence-corrected chi connectivity index (χ3v) is 5.66.